The molecule has 1 atom stereocenters. The summed E-state index contributed by atoms with van der Waals surface area (Å²) in [6, 6.07) is 15.7. The molecule has 0 aliphatic heterocycles. The monoisotopic (exact) mass is 361 g/mol. The normalized spacial score (nSPS) is 11.7. The molecule has 0 aliphatic rings. The molecule has 0 bridgehead atoms. The number of carbonyl (C=O) groups excluding carboxylic acids is 1. The van der Waals surface area contributed by atoms with Gasteiger partial charge in [-0.25, -0.2) is 4.79 Å². The Morgan fingerprint density at radius 1 is 1.05 bits per heavy atom. The Morgan fingerprint density at radius 2 is 1.68 bits per heavy atom. The largest absolute Gasteiger partial charge is 0.480 e. The molecule has 2 aromatic rings. The quantitative estimate of drug-likeness (QED) is 0.831. The van der Waals surface area contributed by atoms with E-state index in [1.165, 1.54) is 0 Å². The molecule has 2 aromatic carbocycles. The predicted molar refractivity (Wildman–Crippen MR) is 87.6 cm³/mol. The lowest BCUT2D eigenvalue weighted by Crippen LogP contribution is -2.43. The highest BCUT2D eigenvalue weighted by atomic mass is 79.9. The maximum absolute atomic E-state index is 12.0. The third-order valence-electron chi connectivity index (χ3n) is 3.22. The highest BCUT2D eigenvalue weighted by Crippen LogP contribution is 2.17. The van der Waals surface area contributed by atoms with Crippen molar-refractivity contribution in [2.45, 2.75) is 18.9 Å². The van der Waals surface area contributed by atoms with Crippen molar-refractivity contribution in [3.8, 4) is 0 Å². The molecule has 1 amide bonds. The van der Waals surface area contributed by atoms with Crippen molar-refractivity contribution < 1.29 is 14.7 Å². The summed E-state index contributed by atoms with van der Waals surface area (Å²) in [6.45, 7) is 0. The van der Waals surface area contributed by atoms with E-state index in [9.17, 15) is 14.7 Å². The highest BCUT2D eigenvalue weighted by Gasteiger charge is 2.21. The zero-order valence-electron chi connectivity index (χ0n) is 11.8. The molecule has 0 spiro atoms. The second-order valence-electron chi connectivity index (χ2n) is 4.92. The van der Waals surface area contributed by atoms with Crippen molar-refractivity contribution in [3.63, 3.8) is 0 Å². The smallest absolute Gasteiger partial charge is 0.326 e. The minimum Gasteiger partial charge on any atom is -0.480 e. The van der Waals surface area contributed by atoms with Crippen LogP contribution in [0, 0.1) is 0 Å². The third kappa shape index (κ3) is 4.70. The molecule has 2 N–H and O–H groups in total. The summed E-state index contributed by atoms with van der Waals surface area (Å²) < 4.78 is 0.832. The van der Waals surface area contributed by atoms with Crippen LogP contribution >= 0.6 is 15.9 Å². The molecule has 22 heavy (non-hydrogen) atoms. The number of aliphatic carboxylic acids is 1. The molecule has 0 aromatic heterocycles. The number of nitrogens with one attached hydrogen (secondary N) is 1. The summed E-state index contributed by atoms with van der Waals surface area (Å²) in [6.07, 6.45) is 0.401. The van der Waals surface area contributed by atoms with E-state index in [0.717, 1.165) is 15.6 Å². The van der Waals surface area contributed by atoms with E-state index in [4.69, 9.17) is 0 Å². The Balaban J connectivity index is 2.01. The van der Waals surface area contributed by atoms with Crippen LogP contribution in [0.1, 0.15) is 11.1 Å². The number of halogens is 1. The molecule has 0 fully saturated rings. The first-order chi connectivity index (χ1) is 10.6. The van der Waals surface area contributed by atoms with E-state index in [1.54, 1.807) is 0 Å². The average Bonchev–Trinajstić information content (AvgIpc) is 2.49. The number of rotatable bonds is 6. The molecule has 0 aliphatic carbocycles. The van der Waals surface area contributed by atoms with E-state index < -0.39 is 12.0 Å². The first kappa shape index (κ1) is 16.2. The van der Waals surface area contributed by atoms with Gasteiger partial charge in [-0.05, 0) is 17.2 Å². The van der Waals surface area contributed by atoms with Crippen LogP contribution in [0.3, 0.4) is 0 Å². The lowest BCUT2D eigenvalue weighted by atomic mass is 10.1. The molecule has 0 radical (unpaired) electrons. The van der Waals surface area contributed by atoms with Gasteiger partial charge in [0.25, 0.3) is 0 Å². The topological polar surface area (TPSA) is 66.4 Å². The number of carboxylic acids is 1. The van der Waals surface area contributed by atoms with Crippen LogP contribution in [0.5, 0.6) is 0 Å². The highest BCUT2D eigenvalue weighted by molar-refractivity contribution is 9.10. The van der Waals surface area contributed by atoms with Crippen LogP contribution in [-0.4, -0.2) is 23.0 Å². The van der Waals surface area contributed by atoms with Gasteiger partial charge in [0.1, 0.15) is 6.04 Å². The predicted octanol–water partition coefficient (Wildman–Crippen LogP) is 2.80. The third-order valence-corrected chi connectivity index (χ3v) is 4.00. The van der Waals surface area contributed by atoms with Gasteiger partial charge in [-0.15, -0.1) is 0 Å². The summed E-state index contributed by atoms with van der Waals surface area (Å²) in [5.74, 6) is -1.34. The Morgan fingerprint density at radius 3 is 2.32 bits per heavy atom. The Hall–Kier alpha value is -2.14. The summed E-state index contributed by atoms with van der Waals surface area (Å²) in [4.78, 5) is 23.4. The molecule has 0 unspecified atom stereocenters. The number of amides is 1. The number of hydrogen-bond acceptors (Lipinski definition) is 2. The molecule has 5 heteroatoms. The Labute approximate surface area is 137 Å². The van der Waals surface area contributed by atoms with Crippen molar-refractivity contribution in [1.82, 2.24) is 5.32 Å². The van der Waals surface area contributed by atoms with Gasteiger partial charge < -0.3 is 10.4 Å². The zero-order chi connectivity index (χ0) is 15.9. The van der Waals surface area contributed by atoms with Gasteiger partial charge >= 0.3 is 5.97 Å². The van der Waals surface area contributed by atoms with Crippen molar-refractivity contribution in [2.75, 3.05) is 0 Å². The zero-order valence-corrected chi connectivity index (χ0v) is 13.4. The van der Waals surface area contributed by atoms with Crippen molar-refractivity contribution >= 4 is 27.8 Å². The van der Waals surface area contributed by atoms with Crippen LogP contribution in [0.2, 0.25) is 0 Å². The molecule has 114 valence electrons. The van der Waals surface area contributed by atoms with Crippen LogP contribution in [0.25, 0.3) is 0 Å². The molecule has 0 heterocycles. The SMILES string of the molecule is O=C(Cc1ccccc1)N[C@@H](Cc1ccccc1Br)C(=O)O. The fourth-order valence-corrected chi connectivity index (χ4v) is 2.56. The molecular formula is C17H16BrNO3. The van der Waals surface area contributed by atoms with Crippen molar-refractivity contribution in [2.24, 2.45) is 0 Å². The summed E-state index contributed by atoms with van der Waals surface area (Å²) in [5.41, 5.74) is 1.69. The fraction of sp³-hybridized carbons (Fsp3) is 0.176. The number of carboxylic acid groups (broad SMARTS) is 1. The minimum atomic E-state index is -1.04. The molecule has 0 saturated carbocycles. The van der Waals surface area contributed by atoms with E-state index in [1.807, 2.05) is 54.6 Å². The van der Waals surface area contributed by atoms with E-state index in [2.05, 4.69) is 21.2 Å². The summed E-state index contributed by atoms with van der Waals surface area (Å²) in [5, 5.41) is 11.9. The second kappa shape index (κ2) is 7.75. The average molecular weight is 362 g/mol. The van der Waals surface area contributed by atoms with Gasteiger partial charge in [0.2, 0.25) is 5.91 Å². The lowest BCUT2D eigenvalue weighted by Gasteiger charge is -2.15. The van der Waals surface area contributed by atoms with Crippen LogP contribution in [-0.2, 0) is 22.4 Å². The van der Waals surface area contributed by atoms with Gasteiger partial charge in [0.15, 0.2) is 0 Å². The lowest BCUT2D eigenvalue weighted by molar-refractivity contribution is -0.141. The Bertz CT molecular complexity index is 658. The van der Waals surface area contributed by atoms with Crippen LogP contribution in [0.15, 0.2) is 59.1 Å². The van der Waals surface area contributed by atoms with Gasteiger partial charge in [0.05, 0.1) is 6.42 Å². The van der Waals surface area contributed by atoms with E-state index in [0.29, 0.717) is 0 Å². The molecule has 2 rings (SSSR count). The number of hydrogen-bond donors (Lipinski definition) is 2. The molecule has 4 nitrogen and oxygen atoms in total. The van der Waals surface area contributed by atoms with Crippen molar-refractivity contribution in [1.29, 1.82) is 0 Å². The standard InChI is InChI=1S/C17H16BrNO3/c18-14-9-5-4-8-13(14)11-15(17(21)22)19-16(20)10-12-6-2-1-3-7-12/h1-9,15H,10-11H2,(H,19,20)(H,21,22)/t15-/m0/s1. The fourth-order valence-electron chi connectivity index (χ4n) is 2.11. The maximum Gasteiger partial charge on any atom is 0.326 e. The van der Waals surface area contributed by atoms with Crippen LogP contribution in [0.4, 0.5) is 0 Å². The van der Waals surface area contributed by atoms with Gasteiger partial charge in [-0.1, -0.05) is 64.5 Å². The first-order valence-corrected chi connectivity index (χ1v) is 7.65. The second-order valence-corrected chi connectivity index (χ2v) is 5.77. The van der Waals surface area contributed by atoms with Gasteiger partial charge in [-0.3, -0.25) is 4.79 Å². The van der Waals surface area contributed by atoms with Crippen LogP contribution < -0.4 is 5.32 Å². The van der Waals surface area contributed by atoms with Gasteiger partial charge in [-0.2, -0.15) is 0 Å². The minimum absolute atomic E-state index is 0.167. The Kier molecular flexibility index (Phi) is 5.72. The van der Waals surface area contributed by atoms with E-state index >= 15 is 0 Å². The summed E-state index contributed by atoms with van der Waals surface area (Å²) in [7, 11) is 0. The summed E-state index contributed by atoms with van der Waals surface area (Å²) >= 11 is 3.39. The van der Waals surface area contributed by atoms with E-state index in [-0.39, 0.29) is 18.7 Å². The molecular weight excluding hydrogens is 346 g/mol. The van der Waals surface area contributed by atoms with Crippen molar-refractivity contribution in [3.05, 3.63) is 70.2 Å². The van der Waals surface area contributed by atoms with Gasteiger partial charge in [0, 0.05) is 10.9 Å². The number of benzene rings is 2. The first-order valence-electron chi connectivity index (χ1n) is 6.86. The molecule has 0 saturated heterocycles. The number of carbonyl (C=O) groups is 2. The maximum atomic E-state index is 12.0.